The lowest BCUT2D eigenvalue weighted by Crippen LogP contribution is -1.98. The van der Waals surface area contributed by atoms with Crippen molar-refractivity contribution in [3.05, 3.63) is 127 Å². The maximum Gasteiger partial charge on any atom is 0.0991 e. The number of rotatable bonds is 3. The van der Waals surface area contributed by atoms with Gasteiger partial charge in [-0.1, -0.05) is 109 Å². The Labute approximate surface area is 209 Å². The molecular formula is C34H20N2. The molecular weight excluding hydrogens is 436 g/mol. The van der Waals surface area contributed by atoms with Crippen LogP contribution in [-0.4, -0.2) is 4.98 Å². The van der Waals surface area contributed by atoms with Crippen molar-refractivity contribution in [3.8, 4) is 62.0 Å². The van der Waals surface area contributed by atoms with Crippen molar-refractivity contribution in [3.63, 3.8) is 0 Å². The Kier molecular flexibility index (Phi) is 4.55. The molecule has 6 aromatic rings. The van der Waals surface area contributed by atoms with Crippen molar-refractivity contribution < 1.29 is 0 Å². The molecule has 0 unspecified atom stereocenters. The molecule has 1 heterocycles. The smallest absolute Gasteiger partial charge is 0.0991 e. The van der Waals surface area contributed by atoms with E-state index >= 15 is 0 Å². The maximum absolute atomic E-state index is 9.63. The molecule has 0 N–H and O–H groups in total. The number of aromatic nitrogens is 1. The third-order valence-electron chi connectivity index (χ3n) is 7.02. The van der Waals surface area contributed by atoms with Gasteiger partial charge in [-0.15, -0.1) is 0 Å². The summed E-state index contributed by atoms with van der Waals surface area (Å²) in [7, 11) is 0. The van der Waals surface area contributed by atoms with Gasteiger partial charge in [-0.3, -0.25) is 0 Å². The molecule has 0 aliphatic heterocycles. The molecule has 1 aliphatic carbocycles. The van der Waals surface area contributed by atoms with Crippen LogP contribution in [0.1, 0.15) is 5.56 Å². The Hall–Kier alpha value is -5.00. The summed E-state index contributed by atoms with van der Waals surface area (Å²) in [6.07, 6.45) is 0. The summed E-state index contributed by atoms with van der Waals surface area (Å²) in [6, 6.07) is 44.1. The lowest BCUT2D eigenvalue weighted by molar-refractivity contribution is 1.32. The van der Waals surface area contributed by atoms with E-state index in [-0.39, 0.29) is 0 Å². The minimum atomic E-state index is 0.625. The molecule has 1 aromatic heterocycles. The van der Waals surface area contributed by atoms with E-state index in [9.17, 15) is 5.26 Å². The number of pyridine rings is 1. The third kappa shape index (κ3) is 3.00. The highest BCUT2D eigenvalue weighted by Gasteiger charge is 2.31. The molecule has 0 bridgehead atoms. The highest BCUT2D eigenvalue weighted by molar-refractivity contribution is 6.21. The molecule has 0 spiro atoms. The van der Waals surface area contributed by atoms with E-state index in [4.69, 9.17) is 4.98 Å². The molecule has 7 rings (SSSR count). The SMILES string of the molecule is N#Cc1cccc(-c2nc(-c3ccccc3)c3c(c2-c2ccccc2)-c2cccc4cccc-3c24)c1. The van der Waals surface area contributed by atoms with E-state index in [2.05, 4.69) is 97.1 Å². The van der Waals surface area contributed by atoms with Crippen molar-refractivity contribution in [1.82, 2.24) is 4.98 Å². The highest BCUT2D eigenvalue weighted by atomic mass is 14.7. The van der Waals surface area contributed by atoms with Gasteiger partial charge in [0.25, 0.3) is 0 Å². The summed E-state index contributed by atoms with van der Waals surface area (Å²) in [5.41, 5.74) is 11.5. The monoisotopic (exact) mass is 456 g/mol. The van der Waals surface area contributed by atoms with Crippen molar-refractivity contribution in [2.75, 3.05) is 0 Å². The summed E-state index contributed by atoms with van der Waals surface area (Å²) < 4.78 is 0. The molecule has 0 saturated heterocycles. The van der Waals surface area contributed by atoms with E-state index in [1.54, 1.807) is 0 Å². The van der Waals surface area contributed by atoms with Crippen LogP contribution in [0.15, 0.2) is 121 Å². The zero-order chi connectivity index (χ0) is 24.1. The molecule has 36 heavy (non-hydrogen) atoms. The first-order valence-electron chi connectivity index (χ1n) is 12.1. The zero-order valence-electron chi connectivity index (χ0n) is 19.4. The average Bonchev–Trinajstić information content (AvgIpc) is 3.29. The lowest BCUT2D eigenvalue weighted by Gasteiger charge is -2.19. The Morgan fingerprint density at radius 3 is 1.78 bits per heavy atom. The molecule has 0 saturated carbocycles. The van der Waals surface area contributed by atoms with E-state index in [0.29, 0.717) is 5.56 Å². The summed E-state index contributed by atoms with van der Waals surface area (Å²) in [5.74, 6) is 0. The molecule has 0 atom stereocenters. The Bertz CT molecular complexity index is 1820. The van der Waals surface area contributed by atoms with Gasteiger partial charge in [0.1, 0.15) is 0 Å². The number of fused-ring (bicyclic) bond motifs is 3. The van der Waals surface area contributed by atoms with Crippen LogP contribution in [0.5, 0.6) is 0 Å². The standard InChI is InChI=1S/C34H20N2/c35-21-22-10-7-17-26(20-22)34-30(24-11-3-1-4-12-24)31-27-18-8-15-23-16-9-19-28(29(23)27)32(31)33(36-34)25-13-5-2-6-14-25/h1-20H. The molecule has 5 aromatic carbocycles. The number of nitriles is 1. The third-order valence-corrected chi connectivity index (χ3v) is 7.02. The number of nitrogens with zero attached hydrogens (tertiary/aromatic N) is 2. The normalized spacial score (nSPS) is 11.3. The molecule has 0 amide bonds. The molecule has 2 nitrogen and oxygen atoms in total. The lowest BCUT2D eigenvalue weighted by atomic mass is 9.87. The van der Waals surface area contributed by atoms with Gasteiger partial charge in [0.2, 0.25) is 0 Å². The van der Waals surface area contributed by atoms with Gasteiger partial charge in [0.05, 0.1) is 23.0 Å². The fraction of sp³-hybridized carbons (Fsp3) is 0. The minimum absolute atomic E-state index is 0.625. The number of hydrogen-bond acceptors (Lipinski definition) is 2. The van der Waals surface area contributed by atoms with Crippen LogP contribution in [-0.2, 0) is 0 Å². The quantitative estimate of drug-likeness (QED) is 0.266. The minimum Gasteiger partial charge on any atom is -0.246 e. The van der Waals surface area contributed by atoms with Crippen LogP contribution in [0.4, 0.5) is 0 Å². The summed E-state index contributed by atoms with van der Waals surface area (Å²) in [6.45, 7) is 0. The van der Waals surface area contributed by atoms with Gasteiger partial charge >= 0.3 is 0 Å². The Balaban J connectivity index is 1.70. The Morgan fingerprint density at radius 2 is 1.08 bits per heavy atom. The first-order chi connectivity index (χ1) is 17.8. The molecule has 0 fully saturated rings. The molecule has 166 valence electrons. The Morgan fingerprint density at radius 1 is 0.500 bits per heavy atom. The van der Waals surface area contributed by atoms with Crippen molar-refractivity contribution in [1.29, 1.82) is 5.26 Å². The number of benzene rings is 5. The van der Waals surface area contributed by atoms with Gasteiger partial charge in [0.15, 0.2) is 0 Å². The molecule has 2 heteroatoms. The van der Waals surface area contributed by atoms with Crippen molar-refractivity contribution in [2.45, 2.75) is 0 Å². The average molecular weight is 457 g/mol. The first-order valence-corrected chi connectivity index (χ1v) is 12.1. The van der Waals surface area contributed by atoms with E-state index in [0.717, 1.165) is 33.6 Å². The van der Waals surface area contributed by atoms with Crippen LogP contribution in [0.25, 0.3) is 66.7 Å². The fourth-order valence-electron chi connectivity index (χ4n) is 5.51. The van der Waals surface area contributed by atoms with Crippen LogP contribution in [0.3, 0.4) is 0 Å². The van der Waals surface area contributed by atoms with E-state index in [1.165, 1.54) is 33.0 Å². The van der Waals surface area contributed by atoms with Crippen LogP contribution in [0, 0.1) is 11.3 Å². The molecule has 0 radical (unpaired) electrons. The molecule has 1 aliphatic rings. The second kappa shape index (κ2) is 8.05. The first kappa shape index (κ1) is 20.4. The summed E-state index contributed by atoms with van der Waals surface area (Å²) in [5, 5.41) is 12.1. The van der Waals surface area contributed by atoms with Crippen LogP contribution in [0.2, 0.25) is 0 Å². The zero-order valence-corrected chi connectivity index (χ0v) is 19.4. The van der Waals surface area contributed by atoms with Gasteiger partial charge in [0, 0.05) is 27.8 Å². The second-order valence-electron chi connectivity index (χ2n) is 9.07. The van der Waals surface area contributed by atoms with Gasteiger partial charge in [-0.25, -0.2) is 4.98 Å². The predicted molar refractivity (Wildman–Crippen MR) is 147 cm³/mol. The van der Waals surface area contributed by atoms with E-state index < -0.39 is 0 Å². The topological polar surface area (TPSA) is 36.7 Å². The second-order valence-corrected chi connectivity index (χ2v) is 9.07. The summed E-state index contributed by atoms with van der Waals surface area (Å²) in [4.78, 5) is 5.40. The van der Waals surface area contributed by atoms with Crippen LogP contribution >= 0.6 is 0 Å². The van der Waals surface area contributed by atoms with Gasteiger partial charge < -0.3 is 0 Å². The van der Waals surface area contributed by atoms with E-state index in [1.807, 2.05) is 30.3 Å². The summed E-state index contributed by atoms with van der Waals surface area (Å²) >= 11 is 0. The van der Waals surface area contributed by atoms with Crippen LogP contribution < -0.4 is 0 Å². The van der Waals surface area contributed by atoms with Crippen molar-refractivity contribution in [2.24, 2.45) is 0 Å². The number of hydrogen-bond donors (Lipinski definition) is 0. The predicted octanol–water partition coefficient (Wildman–Crippen LogP) is 8.75. The van der Waals surface area contributed by atoms with Gasteiger partial charge in [-0.05, 0) is 39.6 Å². The maximum atomic E-state index is 9.63. The fourth-order valence-corrected chi connectivity index (χ4v) is 5.51. The highest BCUT2D eigenvalue weighted by Crippen LogP contribution is 2.55. The van der Waals surface area contributed by atoms with Gasteiger partial charge in [-0.2, -0.15) is 5.26 Å². The largest absolute Gasteiger partial charge is 0.246 e. The van der Waals surface area contributed by atoms with Crippen molar-refractivity contribution >= 4 is 10.8 Å².